The minimum atomic E-state index is -0.316. The highest BCUT2D eigenvalue weighted by molar-refractivity contribution is 7.80. The Balaban J connectivity index is 1.48. The second-order valence-electron chi connectivity index (χ2n) is 8.10. The normalized spacial score (nSPS) is 18.5. The highest BCUT2D eigenvalue weighted by Crippen LogP contribution is 2.31. The summed E-state index contributed by atoms with van der Waals surface area (Å²) in [6.07, 6.45) is 2.84. The third-order valence-electron chi connectivity index (χ3n) is 6.13. The van der Waals surface area contributed by atoms with Gasteiger partial charge in [-0.25, -0.2) is 0 Å². The molecule has 0 unspecified atom stereocenters. The van der Waals surface area contributed by atoms with Crippen molar-refractivity contribution in [3.05, 3.63) is 96.1 Å². The van der Waals surface area contributed by atoms with Crippen molar-refractivity contribution in [2.45, 2.75) is 25.3 Å². The van der Waals surface area contributed by atoms with E-state index < -0.39 is 0 Å². The molecule has 1 fully saturated rings. The number of carbonyl (C=O) groups excluding carboxylic acids is 1. The van der Waals surface area contributed by atoms with Crippen LogP contribution in [0.1, 0.15) is 17.5 Å². The van der Waals surface area contributed by atoms with E-state index in [-0.39, 0.29) is 11.9 Å². The number of nitrogens with zero attached hydrogens (tertiary/aromatic N) is 3. The molecule has 0 N–H and O–H groups in total. The van der Waals surface area contributed by atoms with Gasteiger partial charge < -0.3 is 9.80 Å². The van der Waals surface area contributed by atoms with E-state index in [1.54, 1.807) is 4.90 Å². The van der Waals surface area contributed by atoms with Gasteiger partial charge in [-0.3, -0.25) is 9.69 Å². The molecule has 31 heavy (non-hydrogen) atoms. The number of fused-ring (bicyclic) bond motifs is 1. The fourth-order valence-electron chi connectivity index (χ4n) is 4.59. The van der Waals surface area contributed by atoms with Crippen molar-refractivity contribution < 1.29 is 4.79 Å². The van der Waals surface area contributed by atoms with Gasteiger partial charge >= 0.3 is 0 Å². The molecule has 1 amide bonds. The molecule has 0 aromatic heterocycles. The first kappa shape index (κ1) is 19.8. The summed E-state index contributed by atoms with van der Waals surface area (Å²) in [7, 11) is 0. The largest absolute Gasteiger partial charge is 0.353 e. The zero-order valence-electron chi connectivity index (χ0n) is 17.4. The first-order valence-corrected chi connectivity index (χ1v) is 11.2. The number of rotatable bonds is 5. The number of hydrogen-bond donors (Lipinski definition) is 0. The Hall–Kier alpha value is -3.18. The van der Waals surface area contributed by atoms with E-state index in [9.17, 15) is 4.79 Å². The van der Waals surface area contributed by atoms with Crippen molar-refractivity contribution in [3.63, 3.8) is 0 Å². The quantitative estimate of drug-likeness (QED) is 0.554. The molecule has 4 nitrogen and oxygen atoms in total. The Bertz CT molecular complexity index is 1090. The molecule has 1 saturated heterocycles. The number of benzene rings is 3. The van der Waals surface area contributed by atoms with Crippen LogP contribution in [0.15, 0.2) is 84.9 Å². The maximum atomic E-state index is 13.6. The van der Waals surface area contributed by atoms with Crippen molar-refractivity contribution in [1.29, 1.82) is 0 Å². The van der Waals surface area contributed by atoms with Gasteiger partial charge in [0.25, 0.3) is 5.91 Å². The predicted octanol–water partition coefficient (Wildman–Crippen LogP) is 4.64. The molecule has 0 aliphatic carbocycles. The minimum Gasteiger partial charge on any atom is -0.353 e. The number of amides is 1. The van der Waals surface area contributed by atoms with E-state index in [0.717, 1.165) is 30.6 Å². The average Bonchev–Trinajstić information content (AvgIpc) is 3.04. The van der Waals surface area contributed by atoms with Gasteiger partial charge in [-0.2, -0.15) is 0 Å². The van der Waals surface area contributed by atoms with Crippen LogP contribution in [0.2, 0.25) is 0 Å². The first-order chi connectivity index (χ1) is 15.2. The first-order valence-electron chi connectivity index (χ1n) is 10.8. The molecule has 0 bridgehead atoms. The van der Waals surface area contributed by atoms with Gasteiger partial charge in [0.2, 0.25) is 0 Å². The van der Waals surface area contributed by atoms with E-state index in [2.05, 4.69) is 46.2 Å². The fraction of sp³-hybridized carbons (Fsp3) is 0.231. The summed E-state index contributed by atoms with van der Waals surface area (Å²) in [6, 6.07) is 28.2. The Morgan fingerprint density at radius 2 is 1.55 bits per heavy atom. The molecule has 2 aliphatic heterocycles. The van der Waals surface area contributed by atoms with Crippen LogP contribution < -0.4 is 9.80 Å². The SMILES string of the molecule is O=C1[C@H](Cc2ccccc2)N(CN2CCCc3ccccc32)C(=S)N1c1ccccc1. The van der Waals surface area contributed by atoms with Crippen molar-refractivity contribution in [2.75, 3.05) is 23.0 Å². The lowest BCUT2D eigenvalue weighted by atomic mass is 10.0. The molecule has 1 atom stereocenters. The Morgan fingerprint density at radius 3 is 2.32 bits per heavy atom. The van der Waals surface area contributed by atoms with Gasteiger partial charge in [-0.05, 0) is 54.4 Å². The van der Waals surface area contributed by atoms with Crippen LogP contribution in [0.4, 0.5) is 11.4 Å². The standard InChI is InChI=1S/C26H25N3OS/c30-25-24(18-20-10-3-1-4-11-20)28(26(31)29(25)22-14-5-2-6-15-22)19-27-17-9-13-21-12-7-8-16-23(21)27/h1-8,10-12,14-16,24H,9,13,17-19H2/t24-/m0/s1. The van der Waals surface area contributed by atoms with Crippen LogP contribution >= 0.6 is 12.2 Å². The summed E-state index contributed by atoms with van der Waals surface area (Å²) >= 11 is 5.89. The number of hydrogen-bond acceptors (Lipinski definition) is 3. The molecule has 2 aliphatic rings. The lowest BCUT2D eigenvalue weighted by Crippen LogP contribution is -2.46. The molecule has 3 aromatic carbocycles. The number of thiocarbonyl (C=S) groups is 1. The fourth-order valence-corrected chi connectivity index (χ4v) is 4.97. The Labute approximate surface area is 188 Å². The molecule has 5 rings (SSSR count). The zero-order chi connectivity index (χ0) is 21.2. The zero-order valence-corrected chi connectivity index (χ0v) is 18.2. The van der Waals surface area contributed by atoms with Crippen LogP contribution in [0.5, 0.6) is 0 Å². The van der Waals surface area contributed by atoms with Crippen LogP contribution in [0, 0.1) is 0 Å². The minimum absolute atomic E-state index is 0.0466. The second-order valence-corrected chi connectivity index (χ2v) is 8.47. The lowest BCUT2D eigenvalue weighted by Gasteiger charge is -2.36. The highest BCUT2D eigenvalue weighted by atomic mass is 32.1. The number of anilines is 2. The maximum absolute atomic E-state index is 13.6. The number of para-hydroxylation sites is 2. The van der Waals surface area contributed by atoms with Gasteiger partial charge in [0, 0.05) is 18.7 Å². The molecular formula is C26H25N3OS. The van der Waals surface area contributed by atoms with Crippen LogP contribution in [-0.4, -0.2) is 35.2 Å². The summed E-state index contributed by atoms with van der Waals surface area (Å²) in [5, 5.41) is 0.584. The molecular weight excluding hydrogens is 402 g/mol. The summed E-state index contributed by atoms with van der Waals surface area (Å²) < 4.78 is 0. The van der Waals surface area contributed by atoms with Gasteiger partial charge in [-0.15, -0.1) is 0 Å². The van der Waals surface area contributed by atoms with Crippen molar-refractivity contribution in [2.24, 2.45) is 0 Å². The van der Waals surface area contributed by atoms with Gasteiger partial charge in [-0.1, -0.05) is 66.7 Å². The van der Waals surface area contributed by atoms with E-state index in [1.165, 1.54) is 11.3 Å². The van der Waals surface area contributed by atoms with Crippen LogP contribution in [-0.2, 0) is 17.6 Å². The van der Waals surface area contributed by atoms with E-state index in [1.807, 2.05) is 48.5 Å². The van der Waals surface area contributed by atoms with Crippen molar-refractivity contribution in [1.82, 2.24) is 4.90 Å². The third kappa shape index (κ3) is 3.81. The Kier molecular flexibility index (Phi) is 5.43. The van der Waals surface area contributed by atoms with E-state index in [0.29, 0.717) is 18.2 Å². The van der Waals surface area contributed by atoms with Gasteiger partial charge in [0.05, 0.1) is 12.4 Å². The topological polar surface area (TPSA) is 26.8 Å². The number of aryl methyl sites for hydroxylation is 1. The second kappa shape index (κ2) is 8.52. The van der Waals surface area contributed by atoms with Crippen LogP contribution in [0.25, 0.3) is 0 Å². The molecule has 0 radical (unpaired) electrons. The Morgan fingerprint density at radius 1 is 0.871 bits per heavy atom. The molecule has 2 heterocycles. The summed E-state index contributed by atoms with van der Waals surface area (Å²) in [4.78, 5) is 19.8. The summed E-state index contributed by atoms with van der Waals surface area (Å²) in [6.45, 7) is 1.58. The monoisotopic (exact) mass is 427 g/mol. The predicted molar refractivity (Wildman–Crippen MR) is 129 cm³/mol. The highest BCUT2D eigenvalue weighted by Gasteiger charge is 2.43. The van der Waals surface area contributed by atoms with Gasteiger partial charge in [0.15, 0.2) is 5.11 Å². The smallest absolute Gasteiger partial charge is 0.256 e. The van der Waals surface area contributed by atoms with Crippen molar-refractivity contribution in [3.8, 4) is 0 Å². The molecule has 3 aromatic rings. The molecule has 0 saturated carbocycles. The molecule has 156 valence electrons. The molecule has 0 spiro atoms. The molecule has 5 heteroatoms. The van der Waals surface area contributed by atoms with E-state index >= 15 is 0 Å². The van der Waals surface area contributed by atoms with Crippen LogP contribution in [0.3, 0.4) is 0 Å². The van der Waals surface area contributed by atoms with Gasteiger partial charge in [0.1, 0.15) is 6.04 Å². The van der Waals surface area contributed by atoms with E-state index in [4.69, 9.17) is 12.2 Å². The average molecular weight is 428 g/mol. The summed E-state index contributed by atoms with van der Waals surface area (Å²) in [5.74, 6) is 0.0466. The van der Waals surface area contributed by atoms with Crippen molar-refractivity contribution >= 4 is 34.6 Å². The lowest BCUT2D eigenvalue weighted by molar-refractivity contribution is -0.119. The maximum Gasteiger partial charge on any atom is 0.256 e. The summed E-state index contributed by atoms with van der Waals surface area (Å²) in [5.41, 5.74) is 4.59. The third-order valence-corrected chi connectivity index (χ3v) is 6.55. The number of carbonyl (C=O) groups is 1.